The van der Waals surface area contributed by atoms with Crippen LogP contribution in [0.5, 0.6) is 0 Å². The summed E-state index contributed by atoms with van der Waals surface area (Å²) in [6.45, 7) is 1.60. The van der Waals surface area contributed by atoms with E-state index < -0.39 is 0 Å². The molecule has 26 heavy (non-hydrogen) atoms. The molecule has 1 aliphatic rings. The number of halogens is 1. The fourth-order valence-electron chi connectivity index (χ4n) is 2.95. The molecule has 0 aromatic heterocycles. The van der Waals surface area contributed by atoms with Crippen LogP contribution in [0.15, 0.2) is 48.5 Å². The number of urea groups is 1. The summed E-state index contributed by atoms with van der Waals surface area (Å²) in [4.78, 5) is 14.2. The summed E-state index contributed by atoms with van der Waals surface area (Å²) >= 11 is 0. The standard InChI is InChI=1S/C19H20FN5O/c20-15-4-6-18(7-5-15)25-10-8-16(9-11-25)22-19(26)24-23-17-3-1-2-14(12-17)13-21/h1-7,12,16,23H,8-11H2,(H2,22,24,26). The van der Waals surface area contributed by atoms with Crippen LogP contribution in [0.3, 0.4) is 0 Å². The first-order valence-corrected chi connectivity index (χ1v) is 8.47. The minimum Gasteiger partial charge on any atom is -0.371 e. The summed E-state index contributed by atoms with van der Waals surface area (Å²) in [5.41, 5.74) is 7.53. The van der Waals surface area contributed by atoms with Crippen LogP contribution in [0, 0.1) is 17.1 Å². The highest BCUT2D eigenvalue weighted by Crippen LogP contribution is 2.20. The van der Waals surface area contributed by atoms with E-state index in [1.54, 1.807) is 36.4 Å². The smallest absolute Gasteiger partial charge is 0.333 e. The lowest BCUT2D eigenvalue weighted by molar-refractivity contribution is 0.236. The topological polar surface area (TPSA) is 80.2 Å². The fraction of sp³-hybridized carbons (Fsp3) is 0.263. The number of amides is 2. The number of piperidine rings is 1. The number of nitrogens with one attached hydrogen (secondary N) is 3. The second-order valence-electron chi connectivity index (χ2n) is 6.15. The van der Waals surface area contributed by atoms with Crippen LogP contribution < -0.4 is 21.1 Å². The van der Waals surface area contributed by atoms with Crippen molar-refractivity contribution in [2.75, 3.05) is 23.4 Å². The molecule has 134 valence electrons. The van der Waals surface area contributed by atoms with E-state index in [1.807, 2.05) is 6.07 Å². The molecular formula is C19H20FN5O. The van der Waals surface area contributed by atoms with Gasteiger partial charge < -0.3 is 10.2 Å². The molecule has 0 radical (unpaired) electrons. The maximum Gasteiger partial charge on any atom is 0.333 e. The highest BCUT2D eigenvalue weighted by molar-refractivity contribution is 5.76. The van der Waals surface area contributed by atoms with Crippen LogP contribution in [0.25, 0.3) is 0 Å². The van der Waals surface area contributed by atoms with Crippen molar-refractivity contribution >= 4 is 17.4 Å². The number of benzene rings is 2. The lowest BCUT2D eigenvalue weighted by atomic mass is 10.0. The zero-order valence-corrected chi connectivity index (χ0v) is 14.2. The second-order valence-corrected chi connectivity index (χ2v) is 6.15. The number of hydrogen-bond donors (Lipinski definition) is 3. The average Bonchev–Trinajstić information content (AvgIpc) is 2.68. The fourth-order valence-corrected chi connectivity index (χ4v) is 2.95. The molecule has 0 saturated carbocycles. The van der Waals surface area contributed by atoms with Crippen molar-refractivity contribution in [3.8, 4) is 6.07 Å². The van der Waals surface area contributed by atoms with E-state index in [9.17, 15) is 9.18 Å². The molecule has 0 unspecified atom stereocenters. The van der Waals surface area contributed by atoms with Crippen molar-refractivity contribution in [2.45, 2.75) is 18.9 Å². The Morgan fingerprint density at radius 2 is 1.88 bits per heavy atom. The normalized spacial score (nSPS) is 14.4. The van der Waals surface area contributed by atoms with Gasteiger partial charge in [-0.25, -0.2) is 9.18 Å². The van der Waals surface area contributed by atoms with Crippen LogP contribution in [0.1, 0.15) is 18.4 Å². The number of rotatable bonds is 4. The van der Waals surface area contributed by atoms with Gasteiger partial charge in [0.25, 0.3) is 0 Å². The quantitative estimate of drug-likeness (QED) is 0.738. The summed E-state index contributed by atoms with van der Waals surface area (Å²) < 4.78 is 13.0. The third-order valence-corrected chi connectivity index (χ3v) is 4.33. The van der Waals surface area contributed by atoms with E-state index in [4.69, 9.17) is 5.26 Å². The van der Waals surface area contributed by atoms with E-state index >= 15 is 0 Å². The number of nitrogens with zero attached hydrogens (tertiary/aromatic N) is 2. The van der Waals surface area contributed by atoms with Gasteiger partial charge in [-0.05, 0) is 55.3 Å². The monoisotopic (exact) mass is 353 g/mol. The van der Waals surface area contributed by atoms with Crippen LogP contribution in [0.2, 0.25) is 0 Å². The van der Waals surface area contributed by atoms with Gasteiger partial charge in [0.05, 0.1) is 17.3 Å². The molecule has 1 saturated heterocycles. The first kappa shape index (κ1) is 17.5. The second kappa shape index (κ2) is 8.21. The number of anilines is 2. The number of hydrogen-bond acceptors (Lipinski definition) is 4. The molecular weight excluding hydrogens is 333 g/mol. The van der Waals surface area contributed by atoms with Gasteiger partial charge >= 0.3 is 6.03 Å². The highest BCUT2D eigenvalue weighted by Gasteiger charge is 2.20. The first-order chi connectivity index (χ1) is 12.6. The number of carbonyl (C=O) groups excluding carboxylic acids is 1. The average molecular weight is 353 g/mol. The SMILES string of the molecule is N#Cc1cccc(NNC(=O)NC2CCN(c3ccc(F)cc3)CC2)c1. The highest BCUT2D eigenvalue weighted by atomic mass is 19.1. The van der Waals surface area contributed by atoms with Crippen molar-refractivity contribution in [2.24, 2.45) is 0 Å². The Bertz CT molecular complexity index is 794. The minimum atomic E-state index is -0.312. The maximum atomic E-state index is 13.0. The predicted octanol–water partition coefficient (Wildman–Crippen LogP) is 2.99. The molecule has 7 heteroatoms. The Hall–Kier alpha value is -3.27. The lowest BCUT2D eigenvalue weighted by Gasteiger charge is -2.34. The summed E-state index contributed by atoms with van der Waals surface area (Å²) in [6, 6.07) is 15.1. The van der Waals surface area contributed by atoms with E-state index in [0.29, 0.717) is 11.3 Å². The zero-order valence-electron chi connectivity index (χ0n) is 14.2. The van der Waals surface area contributed by atoms with Gasteiger partial charge in [0.1, 0.15) is 5.82 Å². The Morgan fingerprint density at radius 1 is 1.15 bits per heavy atom. The van der Waals surface area contributed by atoms with Crippen LogP contribution in [-0.4, -0.2) is 25.2 Å². The molecule has 3 N–H and O–H groups in total. The molecule has 0 bridgehead atoms. The van der Waals surface area contributed by atoms with Crippen molar-refractivity contribution in [3.05, 3.63) is 59.9 Å². The van der Waals surface area contributed by atoms with Gasteiger partial charge in [-0.1, -0.05) is 6.07 Å². The molecule has 2 aromatic rings. The molecule has 0 atom stereocenters. The summed E-state index contributed by atoms with van der Waals surface area (Å²) in [7, 11) is 0. The molecule has 0 aliphatic carbocycles. The summed E-state index contributed by atoms with van der Waals surface area (Å²) in [5, 5.41) is 11.8. The van der Waals surface area contributed by atoms with Crippen molar-refractivity contribution in [1.82, 2.24) is 10.7 Å². The molecule has 1 fully saturated rings. The summed E-state index contributed by atoms with van der Waals surface area (Å²) in [5.74, 6) is -0.241. The number of carbonyl (C=O) groups is 1. The van der Waals surface area contributed by atoms with Gasteiger partial charge in [0, 0.05) is 24.8 Å². The van der Waals surface area contributed by atoms with Gasteiger partial charge in [-0.15, -0.1) is 0 Å². The summed E-state index contributed by atoms with van der Waals surface area (Å²) in [6.07, 6.45) is 1.63. The van der Waals surface area contributed by atoms with Crippen molar-refractivity contribution in [1.29, 1.82) is 5.26 Å². The number of nitriles is 1. The largest absolute Gasteiger partial charge is 0.371 e. The Labute approximate surface area is 151 Å². The van der Waals surface area contributed by atoms with Crippen LogP contribution in [-0.2, 0) is 0 Å². The van der Waals surface area contributed by atoms with E-state index in [1.165, 1.54) is 12.1 Å². The van der Waals surface area contributed by atoms with E-state index in [2.05, 4.69) is 21.1 Å². The lowest BCUT2D eigenvalue weighted by Crippen LogP contribution is -2.49. The first-order valence-electron chi connectivity index (χ1n) is 8.47. The van der Waals surface area contributed by atoms with Gasteiger partial charge in [-0.3, -0.25) is 10.9 Å². The Morgan fingerprint density at radius 3 is 2.58 bits per heavy atom. The third-order valence-electron chi connectivity index (χ3n) is 4.33. The van der Waals surface area contributed by atoms with Crippen molar-refractivity contribution < 1.29 is 9.18 Å². The predicted molar refractivity (Wildman–Crippen MR) is 98.1 cm³/mol. The molecule has 2 aromatic carbocycles. The zero-order chi connectivity index (χ0) is 18.4. The van der Waals surface area contributed by atoms with Crippen molar-refractivity contribution in [3.63, 3.8) is 0 Å². The third kappa shape index (κ3) is 4.63. The molecule has 0 spiro atoms. The van der Waals surface area contributed by atoms with Gasteiger partial charge in [0.2, 0.25) is 0 Å². The van der Waals surface area contributed by atoms with E-state index in [-0.39, 0.29) is 17.9 Å². The minimum absolute atomic E-state index is 0.0824. The Balaban J connectivity index is 1.43. The van der Waals surface area contributed by atoms with Crippen LogP contribution in [0.4, 0.5) is 20.6 Å². The Kier molecular flexibility index (Phi) is 5.54. The van der Waals surface area contributed by atoms with Gasteiger partial charge in [-0.2, -0.15) is 5.26 Å². The van der Waals surface area contributed by atoms with E-state index in [0.717, 1.165) is 31.6 Å². The molecule has 1 heterocycles. The molecule has 6 nitrogen and oxygen atoms in total. The molecule has 1 aliphatic heterocycles. The number of hydrazine groups is 1. The van der Waals surface area contributed by atoms with Gasteiger partial charge in [0.15, 0.2) is 0 Å². The molecule has 2 amide bonds. The van der Waals surface area contributed by atoms with Crippen LogP contribution >= 0.6 is 0 Å². The molecule has 3 rings (SSSR count). The maximum absolute atomic E-state index is 13.0.